The number of carbonyl (C=O) groups excluding carboxylic acids is 2. The first-order valence-corrected chi connectivity index (χ1v) is 15.5. The number of aliphatic hydroxyl groups is 1. The van der Waals surface area contributed by atoms with Gasteiger partial charge < -0.3 is 25.2 Å². The Balaban J connectivity index is 1.46. The molecular weight excluding hydrogens is 548 g/mol. The SMILES string of the molecule is CC(C)CN(C[C@@H](O)[C@H](Cc1ccccc1)NC(=O)CNC(=O)CN1CCCC1)S(=O)(=O)c1ccc2c(c1)OCO2. The van der Waals surface area contributed by atoms with Crippen LogP contribution in [0.4, 0.5) is 0 Å². The normalized spacial score (nSPS) is 16.6. The van der Waals surface area contributed by atoms with Crippen molar-refractivity contribution < 1.29 is 32.6 Å². The Kier molecular flexibility index (Phi) is 10.6. The molecule has 2 aromatic carbocycles. The van der Waals surface area contributed by atoms with Crippen LogP contribution in [-0.2, 0) is 26.0 Å². The van der Waals surface area contributed by atoms with Gasteiger partial charge in [0.15, 0.2) is 11.5 Å². The molecule has 1 saturated heterocycles. The predicted molar refractivity (Wildman–Crippen MR) is 153 cm³/mol. The van der Waals surface area contributed by atoms with Gasteiger partial charge in [0.25, 0.3) is 0 Å². The largest absolute Gasteiger partial charge is 0.454 e. The molecule has 2 atom stereocenters. The molecule has 0 bridgehead atoms. The van der Waals surface area contributed by atoms with Crippen molar-refractivity contribution in [3.8, 4) is 11.5 Å². The minimum atomic E-state index is -4.02. The molecule has 0 unspecified atom stereocenters. The highest BCUT2D eigenvalue weighted by atomic mass is 32.2. The molecule has 2 aliphatic heterocycles. The number of amides is 2. The number of aliphatic hydroxyl groups excluding tert-OH is 1. The van der Waals surface area contributed by atoms with Gasteiger partial charge in [-0.05, 0) is 56.0 Å². The van der Waals surface area contributed by atoms with Gasteiger partial charge in [-0.2, -0.15) is 4.31 Å². The summed E-state index contributed by atoms with van der Waals surface area (Å²) in [6.45, 7) is 5.46. The summed E-state index contributed by atoms with van der Waals surface area (Å²) in [5.41, 5.74) is 0.865. The van der Waals surface area contributed by atoms with Crippen molar-refractivity contribution in [2.45, 2.75) is 50.2 Å². The minimum absolute atomic E-state index is 0.0207. The van der Waals surface area contributed by atoms with Crippen LogP contribution in [0.25, 0.3) is 0 Å². The summed E-state index contributed by atoms with van der Waals surface area (Å²) in [6, 6.07) is 13.0. The van der Waals surface area contributed by atoms with Gasteiger partial charge >= 0.3 is 0 Å². The van der Waals surface area contributed by atoms with Crippen molar-refractivity contribution in [2.24, 2.45) is 5.92 Å². The Morgan fingerprint density at radius 2 is 1.71 bits per heavy atom. The quantitative estimate of drug-likeness (QED) is 0.301. The highest BCUT2D eigenvalue weighted by Gasteiger charge is 2.32. The molecule has 0 aliphatic carbocycles. The molecule has 0 radical (unpaired) electrons. The first-order valence-electron chi connectivity index (χ1n) is 14.0. The fraction of sp³-hybridized carbons (Fsp3) is 0.517. The molecule has 41 heavy (non-hydrogen) atoms. The third-order valence-corrected chi connectivity index (χ3v) is 8.89. The number of likely N-dealkylation sites (tertiary alicyclic amines) is 1. The molecule has 3 N–H and O–H groups in total. The summed E-state index contributed by atoms with van der Waals surface area (Å²) in [7, 11) is -4.02. The van der Waals surface area contributed by atoms with E-state index in [-0.39, 0.29) is 56.1 Å². The summed E-state index contributed by atoms with van der Waals surface area (Å²) >= 11 is 0. The molecule has 0 spiro atoms. The molecule has 0 saturated carbocycles. The smallest absolute Gasteiger partial charge is 0.243 e. The second kappa shape index (κ2) is 14.1. The number of hydrogen-bond donors (Lipinski definition) is 3. The lowest BCUT2D eigenvalue weighted by Gasteiger charge is -2.31. The molecule has 224 valence electrons. The standard InChI is InChI=1S/C29H40N4O7S/c1-21(2)17-33(41(37,38)23-10-11-26-27(15-23)40-20-39-26)18-25(34)24(14-22-8-4-3-5-9-22)31-28(35)16-30-29(36)19-32-12-6-7-13-32/h3-5,8-11,15,21,24-25,34H,6-7,12-14,16-20H2,1-2H3,(H,30,36)(H,31,35)/t24-,25+/m0/s1. The number of rotatable bonds is 14. The minimum Gasteiger partial charge on any atom is -0.454 e. The Morgan fingerprint density at radius 1 is 1.00 bits per heavy atom. The van der Waals surface area contributed by atoms with E-state index in [0.717, 1.165) is 31.5 Å². The van der Waals surface area contributed by atoms with Crippen LogP contribution in [0.1, 0.15) is 32.3 Å². The molecule has 12 heteroatoms. The number of fused-ring (bicyclic) bond motifs is 1. The van der Waals surface area contributed by atoms with Gasteiger partial charge in [-0.3, -0.25) is 14.5 Å². The van der Waals surface area contributed by atoms with Gasteiger partial charge in [-0.25, -0.2) is 8.42 Å². The summed E-state index contributed by atoms with van der Waals surface area (Å²) in [5.74, 6) is 0.0857. The van der Waals surface area contributed by atoms with E-state index in [1.54, 1.807) is 6.07 Å². The van der Waals surface area contributed by atoms with Gasteiger partial charge in [-0.15, -0.1) is 0 Å². The molecule has 2 amide bonds. The fourth-order valence-corrected chi connectivity index (χ4v) is 6.63. The van der Waals surface area contributed by atoms with Gasteiger partial charge in [0, 0.05) is 19.2 Å². The number of nitrogens with zero attached hydrogens (tertiary/aromatic N) is 2. The van der Waals surface area contributed by atoms with Crippen molar-refractivity contribution >= 4 is 21.8 Å². The van der Waals surface area contributed by atoms with E-state index < -0.39 is 28.1 Å². The van der Waals surface area contributed by atoms with E-state index in [2.05, 4.69) is 10.6 Å². The summed E-state index contributed by atoms with van der Waals surface area (Å²) < 4.78 is 39.3. The molecule has 0 aromatic heterocycles. The van der Waals surface area contributed by atoms with Crippen LogP contribution < -0.4 is 20.1 Å². The molecule has 1 fully saturated rings. The summed E-state index contributed by atoms with van der Waals surface area (Å²) in [5, 5.41) is 16.8. The number of sulfonamides is 1. The Labute approximate surface area is 241 Å². The lowest BCUT2D eigenvalue weighted by molar-refractivity contribution is -0.127. The summed E-state index contributed by atoms with van der Waals surface area (Å²) in [6.07, 6.45) is 1.16. The Morgan fingerprint density at radius 3 is 2.41 bits per heavy atom. The third kappa shape index (κ3) is 8.65. The third-order valence-electron chi connectivity index (χ3n) is 7.06. The lowest BCUT2D eigenvalue weighted by Crippen LogP contribution is -2.53. The van der Waals surface area contributed by atoms with Crippen LogP contribution in [0.5, 0.6) is 11.5 Å². The van der Waals surface area contributed by atoms with E-state index in [4.69, 9.17) is 9.47 Å². The number of nitrogens with one attached hydrogen (secondary N) is 2. The van der Waals surface area contributed by atoms with Gasteiger partial charge in [0.2, 0.25) is 28.6 Å². The van der Waals surface area contributed by atoms with Gasteiger partial charge in [0.1, 0.15) is 0 Å². The van der Waals surface area contributed by atoms with Crippen LogP contribution >= 0.6 is 0 Å². The number of hydrogen-bond acceptors (Lipinski definition) is 8. The zero-order chi connectivity index (χ0) is 29.4. The monoisotopic (exact) mass is 588 g/mol. The highest BCUT2D eigenvalue weighted by Crippen LogP contribution is 2.34. The number of benzene rings is 2. The first kappa shape index (κ1) is 30.8. The van der Waals surface area contributed by atoms with Crippen LogP contribution in [0.3, 0.4) is 0 Å². The van der Waals surface area contributed by atoms with Crippen LogP contribution in [-0.4, -0.2) is 92.8 Å². The second-order valence-electron chi connectivity index (χ2n) is 10.9. The zero-order valence-corrected chi connectivity index (χ0v) is 24.4. The zero-order valence-electron chi connectivity index (χ0n) is 23.6. The molecule has 11 nitrogen and oxygen atoms in total. The molecule has 4 rings (SSSR count). The van der Waals surface area contributed by atoms with E-state index in [1.165, 1.54) is 16.4 Å². The van der Waals surface area contributed by atoms with Crippen LogP contribution in [0.15, 0.2) is 53.4 Å². The molecular formula is C29H40N4O7S. The maximum absolute atomic E-state index is 13.7. The highest BCUT2D eigenvalue weighted by molar-refractivity contribution is 7.89. The Hall–Kier alpha value is -3.19. The predicted octanol–water partition coefficient (Wildman–Crippen LogP) is 1.36. The van der Waals surface area contributed by atoms with Crippen molar-refractivity contribution in [1.82, 2.24) is 19.8 Å². The maximum Gasteiger partial charge on any atom is 0.243 e. The average molecular weight is 589 g/mol. The molecule has 2 aliphatic rings. The lowest BCUT2D eigenvalue weighted by atomic mass is 10.0. The van der Waals surface area contributed by atoms with Crippen LogP contribution in [0.2, 0.25) is 0 Å². The van der Waals surface area contributed by atoms with E-state index in [9.17, 15) is 23.1 Å². The molecule has 2 heterocycles. The van der Waals surface area contributed by atoms with Crippen molar-refractivity contribution in [3.63, 3.8) is 0 Å². The maximum atomic E-state index is 13.7. The second-order valence-corrected chi connectivity index (χ2v) is 12.9. The first-order chi connectivity index (χ1) is 19.6. The van der Waals surface area contributed by atoms with Crippen LogP contribution in [0, 0.1) is 5.92 Å². The van der Waals surface area contributed by atoms with E-state index in [1.807, 2.05) is 49.1 Å². The number of ether oxygens (including phenoxy) is 2. The number of carbonyl (C=O) groups is 2. The van der Waals surface area contributed by atoms with E-state index in [0.29, 0.717) is 11.5 Å². The molecule has 2 aromatic rings. The van der Waals surface area contributed by atoms with Gasteiger partial charge in [-0.1, -0.05) is 44.2 Å². The van der Waals surface area contributed by atoms with Gasteiger partial charge in [0.05, 0.1) is 30.1 Å². The van der Waals surface area contributed by atoms with Crippen molar-refractivity contribution in [1.29, 1.82) is 0 Å². The summed E-state index contributed by atoms with van der Waals surface area (Å²) in [4.78, 5) is 27.2. The Bertz CT molecular complexity index is 1280. The van der Waals surface area contributed by atoms with Crippen molar-refractivity contribution in [2.75, 3.05) is 46.1 Å². The van der Waals surface area contributed by atoms with E-state index >= 15 is 0 Å². The average Bonchev–Trinajstić information content (AvgIpc) is 3.63. The van der Waals surface area contributed by atoms with Crippen molar-refractivity contribution in [3.05, 3.63) is 54.1 Å². The topological polar surface area (TPSA) is 138 Å². The fourth-order valence-electron chi connectivity index (χ4n) is 4.99.